The Hall–Kier alpha value is -1.51. The molecule has 0 aliphatic heterocycles. The van der Waals surface area contributed by atoms with Gasteiger partial charge in [-0.05, 0) is 24.5 Å². The number of rotatable bonds is 4. The fourth-order valence-electron chi connectivity index (χ4n) is 2.72. The van der Waals surface area contributed by atoms with Gasteiger partial charge in [0.15, 0.2) is 0 Å². The highest BCUT2D eigenvalue weighted by Gasteiger charge is 2.22. The van der Waals surface area contributed by atoms with E-state index in [0.29, 0.717) is 5.69 Å². The molecule has 0 heterocycles. The smallest absolute Gasteiger partial charge is 0.227 e. The molecule has 2 rings (SSSR count). The minimum Gasteiger partial charge on any atom is -0.397 e. The van der Waals surface area contributed by atoms with E-state index in [4.69, 9.17) is 5.73 Å². The SMILES string of the molecule is CC(CC1CCCC1)C(=O)Nc1ccccc1N. The number of amides is 1. The third-order valence-corrected chi connectivity index (χ3v) is 3.83. The summed E-state index contributed by atoms with van der Waals surface area (Å²) in [5.41, 5.74) is 7.16. The van der Waals surface area contributed by atoms with Gasteiger partial charge >= 0.3 is 0 Å². The third kappa shape index (κ3) is 3.25. The Morgan fingerprint density at radius 1 is 1.39 bits per heavy atom. The van der Waals surface area contributed by atoms with E-state index in [1.165, 1.54) is 25.7 Å². The van der Waals surface area contributed by atoms with Gasteiger partial charge in [-0.2, -0.15) is 0 Å². The molecule has 0 saturated heterocycles. The predicted octanol–water partition coefficient (Wildman–Crippen LogP) is 3.42. The lowest BCUT2D eigenvalue weighted by Crippen LogP contribution is -2.22. The summed E-state index contributed by atoms with van der Waals surface area (Å²) >= 11 is 0. The Balaban J connectivity index is 1.89. The topological polar surface area (TPSA) is 55.1 Å². The normalized spacial score (nSPS) is 17.6. The Bertz CT molecular complexity index is 411. The van der Waals surface area contributed by atoms with Gasteiger partial charge in [-0.25, -0.2) is 0 Å². The van der Waals surface area contributed by atoms with Crippen LogP contribution in [0.25, 0.3) is 0 Å². The van der Waals surface area contributed by atoms with Crippen molar-refractivity contribution in [3.05, 3.63) is 24.3 Å². The molecule has 0 radical (unpaired) electrons. The van der Waals surface area contributed by atoms with E-state index in [1.807, 2.05) is 25.1 Å². The highest BCUT2D eigenvalue weighted by Crippen LogP contribution is 2.30. The lowest BCUT2D eigenvalue weighted by molar-refractivity contribution is -0.119. The molecule has 0 spiro atoms. The molecule has 1 aromatic carbocycles. The maximum Gasteiger partial charge on any atom is 0.227 e. The summed E-state index contributed by atoms with van der Waals surface area (Å²) in [5, 5.41) is 2.92. The Kier molecular flexibility index (Phi) is 4.24. The zero-order valence-corrected chi connectivity index (χ0v) is 11.0. The van der Waals surface area contributed by atoms with Gasteiger partial charge in [0.2, 0.25) is 5.91 Å². The molecule has 1 unspecified atom stereocenters. The number of carbonyl (C=O) groups is 1. The number of hydrogen-bond donors (Lipinski definition) is 2. The number of nitrogens with two attached hydrogens (primary N) is 1. The summed E-state index contributed by atoms with van der Waals surface area (Å²) in [4.78, 5) is 12.1. The maximum absolute atomic E-state index is 12.1. The first-order valence-electron chi connectivity index (χ1n) is 6.82. The lowest BCUT2D eigenvalue weighted by atomic mass is 9.94. The molecular weight excluding hydrogens is 224 g/mol. The van der Waals surface area contributed by atoms with Crippen molar-refractivity contribution in [2.45, 2.75) is 39.0 Å². The first kappa shape index (κ1) is 12.9. The van der Waals surface area contributed by atoms with Crippen molar-refractivity contribution < 1.29 is 4.79 Å². The van der Waals surface area contributed by atoms with Crippen LogP contribution in [0.1, 0.15) is 39.0 Å². The van der Waals surface area contributed by atoms with Gasteiger partial charge in [-0.3, -0.25) is 4.79 Å². The average molecular weight is 246 g/mol. The largest absolute Gasteiger partial charge is 0.397 e. The molecule has 98 valence electrons. The fraction of sp³-hybridized carbons (Fsp3) is 0.533. The number of nitrogen functional groups attached to an aromatic ring is 1. The second-order valence-corrected chi connectivity index (χ2v) is 5.36. The van der Waals surface area contributed by atoms with E-state index in [9.17, 15) is 4.79 Å². The summed E-state index contributed by atoms with van der Waals surface area (Å²) in [5.74, 6) is 0.881. The van der Waals surface area contributed by atoms with Crippen LogP contribution in [0.2, 0.25) is 0 Å². The molecular formula is C15H22N2O. The van der Waals surface area contributed by atoms with Crippen LogP contribution in [0.15, 0.2) is 24.3 Å². The summed E-state index contributed by atoms with van der Waals surface area (Å²) in [6.07, 6.45) is 6.21. The van der Waals surface area contributed by atoms with Crippen LogP contribution in [0, 0.1) is 11.8 Å². The fourth-order valence-corrected chi connectivity index (χ4v) is 2.72. The van der Waals surface area contributed by atoms with E-state index in [0.717, 1.165) is 18.0 Å². The third-order valence-electron chi connectivity index (χ3n) is 3.83. The summed E-state index contributed by atoms with van der Waals surface area (Å²) in [6, 6.07) is 7.40. The van der Waals surface area contributed by atoms with Crippen LogP contribution in [-0.2, 0) is 4.79 Å². The molecule has 1 fully saturated rings. The molecule has 3 N–H and O–H groups in total. The van der Waals surface area contributed by atoms with Gasteiger partial charge in [-0.15, -0.1) is 0 Å². The van der Waals surface area contributed by atoms with Crippen molar-refractivity contribution in [3.8, 4) is 0 Å². The van der Waals surface area contributed by atoms with Crippen molar-refractivity contribution in [1.29, 1.82) is 0 Å². The van der Waals surface area contributed by atoms with Gasteiger partial charge in [0.1, 0.15) is 0 Å². The van der Waals surface area contributed by atoms with Crippen molar-refractivity contribution in [2.24, 2.45) is 11.8 Å². The van der Waals surface area contributed by atoms with Crippen LogP contribution in [-0.4, -0.2) is 5.91 Å². The highest BCUT2D eigenvalue weighted by atomic mass is 16.1. The van der Waals surface area contributed by atoms with Gasteiger partial charge in [0.05, 0.1) is 11.4 Å². The quantitative estimate of drug-likeness (QED) is 0.800. The number of benzene rings is 1. The first-order chi connectivity index (χ1) is 8.66. The first-order valence-corrected chi connectivity index (χ1v) is 6.82. The number of para-hydroxylation sites is 2. The van der Waals surface area contributed by atoms with Crippen molar-refractivity contribution in [2.75, 3.05) is 11.1 Å². The number of hydrogen-bond acceptors (Lipinski definition) is 2. The molecule has 0 aromatic heterocycles. The minimum atomic E-state index is 0.0627. The van der Waals surface area contributed by atoms with Gasteiger partial charge in [0, 0.05) is 5.92 Å². The monoisotopic (exact) mass is 246 g/mol. The van der Waals surface area contributed by atoms with Crippen molar-refractivity contribution in [1.82, 2.24) is 0 Å². The Labute approximate surface area is 109 Å². The maximum atomic E-state index is 12.1. The van der Waals surface area contributed by atoms with E-state index >= 15 is 0 Å². The van der Waals surface area contributed by atoms with Crippen molar-refractivity contribution in [3.63, 3.8) is 0 Å². The molecule has 1 aromatic rings. The number of anilines is 2. The standard InChI is InChI=1S/C15H22N2O/c1-11(10-12-6-2-3-7-12)15(18)17-14-9-5-4-8-13(14)16/h4-5,8-9,11-12H,2-3,6-7,10,16H2,1H3,(H,17,18). The molecule has 1 atom stereocenters. The number of nitrogens with one attached hydrogen (secondary N) is 1. The van der Waals surface area contributed by atoms with Crippen LogP contribution >= 0.6 is 0 Å². The van der Waals surface area contributed by atoms with E-state index < -0.39 is 0 Å². The van der Waals surface area contributed by atoms with Gasteiger partial charge in [0.25, 0.3) is 0 Å². The van der Waals surface area contributed by atoms with E-state index in [1.54, 1.807) is 6.07 Å². The second kappa shape index (κ2) is 5.89. The van der Waals surface area contributed by atoms with Crippen LogP contribution < -0.4 is 11.1 Å². The molecule has 1 aliphatic carbocycles. The molecule has 3 nitrogen and oxygen atoms in total. The number of carbonyl (C=O) groups excluding carboxylic acids is 1. The Morgan fingerprint density at radius 2 is 2.06 bits per heavy atom. The molecule has 3 heteroatoms. The average Bonchev–Trinajstić information content (AvgIpc) is 2.84. The van der Waals surface area contributed by atoms with Gasteiger partial charge in [-0.1, -0.05) is 44.7 Å². The minimum absolute atomic E-state index is 0.0627. The van der Waals surface area contributed by atoms with E-state index in [-0.39, 0.29) is 11.8 Å². The van der Waals surface area contributed by atoms with Crippen molar-refractivity contribution >= 4 is 17.3 Å². The zero-order valence-electron chi connectivity index (χ0n) is 11.0. The second-order valence-electron chi connectivity index (χ2n) is 5.36. The Morgan fingerprint density at radius 3 is 2.72 bits per heavy atom. The molecule has 1 amide bonds. The highest BCUT2D eigenvalue weighted by molar-refractivity contribution is 5.95. The molecule has 1 saturated carbocycles. The lowest BCUT2D eigenvalue weighted by Gasteiger charge is -2.16. The molecule has 1 aliphatic rings. The summed E-state index contributed by atoms with van der Waals surface area (Å²) in [6.45, 7) is 2.01. The zero-order chi connectivity index (χ0) is 13.0. The predicted molar refractivity (Wildman–Crippen MR) is 75.2 cm³/mol. The van der Waals surface area contributed by atoms with Gasteiger partial charge < -0.3 is 11.1 Å². The molecule has 18 heavy (non-hydrogen) atoms. The van der Waals surface area contributed by atoms with E-state index in [2.05, 4.69) is 5.32 Å². The summed E-state index contributed by atoms with van der Waals surface area (Å²) in [7, 11) is 0. The molecule has 0 bridgehead atoms. The van der Waals surface area contributed by atoms with Crippen LogP contribution in [0.3, 0.4) is 0 Å². The summed E-state index contributed by atoms with van der Waals surface area (Å²) < 4.78 is 0. The van der Waals surface area contributed by atoms with Crippen LogP contribution in [0.5, 0.6) is 0 Å². The van der Waals surface area contributed by atoms with Crippen LogP contribution in [0.4, 0.5) is 11.4 Å².